The van der Waals surface area contributed by atoms with Crippen molar-refractivity contribution >= 4 is 16.0 Å². The molecule has 0 saturated heterocycles. The number of carboxylic acid groups (broad SMARTS) is 1. The molecule has 19 heavy (non-hydrogen) atoms. The molecule has 0 unspecified atom stereocenters. The topological polar surface area (TPSA) is 113 Å². The molecule has 1 rings (SSSR count). The number of benzene rings is 1. The largest absolute Gasteiger partial charge is 0.497 e. The molecule has 0 heterocycles. The number of methoxy groups -OCH3 is 1. The van der Waals surface area contributed by atoms with E-state index in [-0.39, 0.29) is 4.90 Å². The summed E-state index contributed by atoms with van der Waals surface area (Å²) in [6.45, 7) is 1.19. The van der Waals surface area contributed by atoms with Gasteiger partial charge < -0.3 is 14.9 Å². The van der Waals surface area contributed by atoms with Gasteiger partial charge in [0.1, 0.15) is 11.8 Å². The van der Waals surface area contributed by atoms with Crippen molar-refractivity contribution in [3.63, 3.8) is 0 Å². The number of nitrogens with one attached hydrogen (secondary N) is 1. The highest BCUT2D eigenvalue weighted by Crippen LogP contribution is 2.16. The molecule has 0 aliphatic heterocycles. The summed E-state index contributed by atoms with van der Waals surface area (Å²) in [4.78, 5) is 10.7. The van der Waals surface area contributed by atoms with Gasteiger partial charge in [0.2, 0.25) is 10.0 Å². The number of hydrogen-bond donors (Lipinski definition) is 3. The molecule has 106 valence electrons. The van der Waals surface area contributed by atoms with Crippen LogP contribution >= 0.6 is 0 Å². The summed E-state index contributed by atoms with van der Waals surface area (Å²) in [6.07, 6.45) is -1.36. The summed E-state index contributed by atoms with van der Waals surface area (Å²) >= 11 is 0. The molecule has 1 aromatic carbocycles. The summed E-state index contributed by atoms with van der Waals surface area (Å²) in [5.41, 5.74) is 0. The summed E-state index contributed by atoms with van der Waals surface area (Å²) in [7, 11) is -2.58. The number of aliphatic hydroxyl groups excluding tert-OH is 1. The van der Waals surface area contributed by atoms with Gasteiger partial charge in [-0.15, -0.1) is 0 Å². The molecular weight excluding hydrogens is 274 g/mol. The first-order valence-corrected chi connectivity index (χ1v) is 6.83. The predicted molar refractivity (Wildman–Crippen MR) is 66.4 cm³/mol. The van der Waals surface area contributed by atoms with Crippen molar-refractivity contribution in [3.8, 4) is 5.75 Å². The van der Waals surface area contributed by atoms with Crippen molar-refractivity contribution in [1.29, 1.82) is 0 Å². The second-order valence-corrected chi connectivity index (χ2v) is 5.57. The van der Waals surface area contributed by atoms with E-state index in [1.807, 2.05) is 4.72 Å². The summed E-state index contributed by atoms with van der Waals surface area (Å²) < 4.78 is 30.7. The Kier molecular flexibility index (Phi) is 4.87. The highest BCUT2D eigenvalue weighted by atomic mass is 32.2. The second-order valence-electron chi connectivity index (χ2n) is 3.85. The number of sulfonamides is 1. The molecule has 0 aliphatic carbocycles. The van der Waals surface area contributed by atoms with Crippen LogP contribution < -0.4 is 9.46 Å². The van der Waals surface area contributed by atoms with Crippen LogP contribution in [0, 0.1) is 0 Å². The Morgan fingerprint density at radius 3 is 2.21 bits per heavy atom. The van der Waals surface area contributed by atoms with Crippen molar-refractivity contribution in [3.05, 3.63) is 24.3 Å². The Balaban J connectivity index is 2.99. The van der Waals surface area contributed by atoms with E-state index < -0.39 is 28.1 Å². The third-order valence-electron chi connectivity index (χ3n) is 2.40. The van der Waals surface area contributed by atoms with Gasteiger partial charge in [0.05, 0.1) is 18.1 Å². The van der Waals surface area contributed by atoms with Crippen LogP contribution in [0.15, 0.2) is 29.2 Å². The summed E-state index contributed by atoms with van der Waals surface area (Å²) in [6, 6.07) is 3.83. The zero-order chi connectivity index (χ0) is 14.6. The number of hydrogen-bond acceptors (Lipinski definition) is 5. The summed E-state index contributed by atoms with van der Waals surface area (Å²) in [5, 5.41) is 18.1. The van der Waals surface area contributed by atoms with Crippen LogP contribution in [0.2, 0.25) is 0 Å². The monoisotopic (exact) mass is 289 g/mol. The normalized spacial score (nSPS) is 14.7. The molecule has 0 aliphatic rings. The standard InChI is InChI=1S/C11H15NO6S/c1-7(13)10(11(14)15)12-19(16,17)9-5-3-8(18-2)4-6-9/h3-7,10,12-13H,1-2H3,(H,14,15)/t7-,10+/m0/s1. The Hall–Kier alpha value is -1.64. The van der Waals surface area contributed by atoms with Crippen LogP contribution in [-0.2, 0) is 14.8 Å². The molecule has 8 heteroatoms. The first-order valence-electron chi connectivity index (χ1n) is 5.35. The van der Waals surface area contributed by atoms with Gasteiger partial charge in [-0.3, -0.25) is 4.79 Å². The molecule has 3 N–H and O–H groups in total. The van der Waals surface area contributed by atoms with E-state index in [9.17, 15) is 18.3 Å². The fraction of sp³-hybridized carbons (Fsp3) is 0.364. The molecule has 0 fully saturated rings. The van der Waals surface area contributed by atoms with E-state index in [1.165, 1.54) is 38.3 Å². The molecule has 0 amide bonds. The summed E-state index contributed by atoms with van der Waals surface area (Å²) in [5.74, 6) is -0.976. The maximum absolute atomic E-state index is 11.9. The Bertz CT molecular complexity index is 537. The number of aliphatic hydroxyl groups is 1. The number of carboxylic acids is 1. The van der Waals surface area contributed by atoms with Gasteiger partial charge >= 0.3 is 5.97 Å². The number of ether oxygens (including phenoxy) is 1. The molecule has 2 atom stereocenters. The van der Waals surface area contributed by atoms with Gasteiger partial charge in [0, 0.05) is 0 Å². The van der Waals surface area contributed by atoms with Crippen molar-refractivity contribution in [2.75, 3.05) is 7.11 Å². The van der Waals surface area contributed by atoms with Crippen molar-refractivity contribution in [2.45, 2.75) is 24.0 Å². The third-order valence-corrected chi connectivity index (χ3v) is 3.86. The van der Waals surface area contributed by atoms with Crippen molar-refractivity contribution in [1.82, 2.24) is 4.72 Å². The van der Waals surface area contributed by atoms with E-state index in [0.29, 0.717) is 5.75 Å². The highest BCUT2D eigenvalue weighted by molar-refractivity contribution is 7.89. The van der Waals surface area contributed by atoms with Gasteiger partial charge in [-0.1, -0.05) is 0 Å². The Labute approximate surface area is 110 Å². The average molecular weight is 289 g/mol. The minimum absolute atomic E-state index is 0.111. The van der Waals surface area contributed by atoms with Crippen molar-refractivity contribution < 1.29 is 28.2 Å². The minimum Gasteiger partial charge on any atom is -0.497 e. The highest BCUT2D eigenvalue weighted by Gasteiger charge is 2.29. The first kappa shape index (κ1) is 15.4. The molecule has 0 bridgehead atoms. The molecule has 0 spiro atoms. The van der Waals surface area contributed by atoms with Crippen LogP contribution in [0.3, 0.4) is 0 Å². The van der Waals surface area contributed by atoms with E-state index in [2.05, 4.69) is 0 Å². The molecule has 0 radical (unpaired) electrons. The fourth-order valence-corrected chi connectivity index (χ4v) is 2.61. The van der Waals surface area contributed by atoms with E-state index in [1.54, 1.807) is 0 Å². The molecule has 0 aromatic heterocycles. The van der Waals surface area contributed by atoms with Gasteiger partial charge in [0.15, 0.2) is 0 Å². The lowest BCUT2D eigenvalue weighted by molar-refractivity contribution is -0.141. The van der Waals surface area contributed by atoms with Gasteiger partial charge in [-0.2, -0.15) is 4.72 Å². The van der Waals surface area contributed by atoms with Gasteiger partial charge in [-0.05, 0) is 31.2 Å². The van der Waals surface area contributed by atoms with Crippen LogP contribution in [0.1, 0.15) is 6.92 Å². The molecule has 7 nitrogen and oxygen atoms in total. The Morgan fingerprint density at radius 2 is 1.84 bits per heavy atom. The molecule has 1 aromatic rings. The van der Waals surface area contributed by atoms with E-state index >= 15 is 0 Å². The number of carbonyl (C=O) groups is 1. The molecular formula is C11H15NO6S. The second kappa shape index (κ2) is 6.00. The third kappa shape index (κ3) is 3.91. The minimum atomic E-state index is -4.02. The van der Waals surface area contributed by atoms with E-state index in [0.717, 1.165) is 0 Å². The maximum atomic E-state index is 11.9. The molecule has 0 saturated carbocycles. The first-order chi connectivity index (χ1) is 8.77. The predicted octanol–water partition coefficient (Wildman–Crippen LogP) is -0.193. The lowest BCUT2D eigenvalue weighted by atomic mass is 10.2. The maximum Gasteiger partial charge on any atom is 0.324 e. The number of rotatable bonds is 6. The lowest BCUT2D eigenvalue weighted by Gasteiger charge is -2.17. The zero-order valence-electron chi connectivity index (χ0n) is 10.4. The van der Waals surface area contributed by atoms with Gasteiger partial charge in [0.25, 0.3) is 0 Å². The van der Waals surface area contributed by atoms with Gasteiger partial charge in [-0.25, -0.2) is 8.42 Å². The zero-order valence-corrected chi connectivity index (χ0v) is 11.2. The number of aliphatic carboxylic acids is 1. The van der Waals surface area contributed by atoms with Crippen LogP contribution in [-0.4, -0.2) is 43.9 Å². The van der Waals surface area contributed by atoms with E-state index in [4.69, 9.17) is 9.84 Å². The smallest absolute Gasteiger partial charge is 0.324 e. The van der Waals surface area contributed by atoms with Crippen LogP contribution in [0.5, 0.6) is 5.75 Å². The fourth-order valence-electron chi connectivity index (χ4n) is 1.35. The quantitative estimate of drug-likeness (QED) is 0.669. The van der Waals surface area contributed by atoms with Crippen LogP contribution in [0.25, 0.3) is 0 Å². The average Bonchev–Trinajstić information content (AvgIpc) is 2.35. The Morgan fingerprint density at radius 1 is 1.32 bits per heavy atom. The lowest BCUT2D eigenvalue weighted by Crippen LogP contribution is -2.47. The van der Waals surface area contributed by atoms with Crippen molar-refractivity contribution in [2.24, 2.45) is 0 Å². The van der Waals surface area contributed by atoms with Crippen LogP contribution in [0.4, 0.5) is 0 Å². The SMILES string of the molecule is COc1ccc(S(=O)(=O)N[C@@H](C(=O)O)[C@H](C)O)cc1.